The number of esters is 1. The third kappa shape index (κ3) is 5.06. The Morgan fingerprint density at radius 2 is 2.00 bits per heavy atom. The molecule has 2 heterocycles. The SMILES string of the molecule is C#CC1(COP(=O)(NC(C)C(=O)OC(C)C)Oc2ccccc2)OC2C(n3ccc(=O)[nH]c3=O)C2(F)C1O. The number of aliphatic hydroxyl groups excluding tert-OH is 1. The minimum Gasteiger partial charge on any atom is -0.462 e. The molecule has 7 unspecified atom stereocenters. The van der Waals surface area contributed by atoms with Crippen LogP contribution in [0.15, 0.2) is 52.2 Å². The number of ether oxygens (including phenoxy) is 2. The van der Waals surface area contributed by atoms with Crippen LogP contribution in [0.5, 0.6) is 5.75 Å². The number of aromatic amines is 1. The number of carbonyl (C=O) groups excluding carboxylic acids is 1. The third-order valence-electron chi connectivity index (χ3n) is 6.14. The number of terminal acetylenes is 1. The monoisotopic (exact) mass is 551 g/mol. The predicted octanol–water partition coefficient (Wildman–Crippen LogP) is 1.06. The maximum absolute atomic E-state index is 15.8. The summed E-state index contributed by atoms with van der Waals surface area (Å²) < 4.78 is 52.2. The van der Waals surface area contributed by atoms with Crippen LogP contribution in [0.4, 0.5) is 4.39 Å². The van der Waals surface area contributed by atoms with Crippen LogP contribution in [0.1, 0.15) is 26.8 Å². The molecule has 0 radical (unpaired) electrons. The molecule has 7 atom stereocenters. The number of alkyl halides is 1. The maximum Gasteiger partial charge on any atom is 0.459 e. The molecule has 0 spiro atoms. The first-order chi connectivity index (χ1) is 17.8. The Bertz CT molecular complexity index is 1410. The van der Waals surface area contributed by atoms with Gasteiger partial charge in [0, 0.05) is 12.3 Å². The largest absolute Gasteiger partial charge is 0.462 e. The van der Waals surface area contributed by atoms with E-state index in [9.17, 15) is 24.1 Å². The molecule has 1 aliphatic carbocycles. The van der Waals surface area contributed by atoms with E-state index in [0.29, 0.717) is 0 Å². The molecule has 1 saturated carbocycles. The molecule has 1 saturated heterocycles. The van der Waals surface area contributed by atoms with Crippen molar-refractivity contribution in [1.29, 1.82) is 0 Å². The fourth-order valence-corrected chi connectivity index (χ4v) is 5.76. The number of para-hydroxylation sites is 1. The lowest BCUT2D eigenvalue weighted by molar-refractivity contribution is -0.149. The number of rotatable bonds is 10. The molecule has 1 aromatic carbocycles. The van der Waals surface area contributed by atoms with Gasteiger partial charge in [0.15, 0.2) is 11.3 Å². The molecular weight excluding hydrogens is 524 g/mol. The van der Waals surface area contributed by atoms with Crippen molar-refractivity contribution >= 4 is 13.7 Å². The number of benzene rings is 1. The van der Waals surface area contributed by atoms with E-state index in [2.05, 4.69) is 11.0 Å². The highest BCUT2D eigenvalue weighted by molar-refractivity contribution is 7.52. The summed E-state index contributed by atoms with van der Waals surface area (Å²) in [5.41, 5.74) is -6.17. The highest BCUT2D eigenvalue weighted by atomic mass is 31.2. The molecule has 2 fully saturated rings. The van der Waals surface area contributed by atoms with Crippen molar-refractivity contribution in [3.05, 3.63) is 63.4 Å². The van der Waals surface area contributed by atoms with Crippen LogP contribution in [0.3, 0.4) is 0 Å². The van der Waals surface area contributed by atoms with E-state index >= 15 is 4.39 Å². The first-order valence-electron chi connectivity index (χ1n) is 11.7. The van der Waals surface area contributed by atoms with Crippen LogP contribution in [-0.4, -0.2) is 62.9 Å². The minimum absolute atomic E-state index is 0.123. The molecule has 2 aromatic rings. The Labute approximate surface area is 216 Å². The van der Waals surface area contributed by atoms with E-state index in [4.69, 9.17) is 24.9 Å². The Hall–Kier alpha value is -3.27. The summed E-state index contributed by atoms with van der Waals surface area (Å²) in [7, 11) is -4.40. The van der Waals surface area contributed by atoms with Gasteiger partial charge in [-0.1, -0.05) is 24.1 Å². The minimum atomic E-state index is -4.40. The van der Waals surface area contributed by atoms with Crippen molar-refractivity contribution in [3.63, 3.8) is 0 Å². The van der Waals surface area contributed by atoms with Crippen LogP contribution in [0.2, 0.25) is 0 Å². The van der Waals surface area contributed by atoms with Crippen molar-refractivity contribution in [2.75, 3.05) is 6.61 Å². The Morgan fingerprint density at radius 3 is 2.55 bits per heavy atom. The van der Waals surface area contributed by atoms with Gasteiger partial charge in [0.2, 0.25) is 0 Å². The van der Waals surface area contributed by atoms with Crippen LogP contribution in [0.25, 0.3) is 0 Å². The second-order valence-electron chi connectivity index (χ2n) is 9.28. The number of carbonyl (C=O) groups is 1. The molecule has 1 aromatic heterocycles. The first-order valence-corrected chi connectivity index (χ1v) is 13.2. The average Bonchev–Trinajstić information content (AvgIpc) is 3.36. The predicted molar refractivity (Wildman–Crippen MR) is 131 cm³/mol. The number of aliphatic hydroxyl groups is 1. The lowest BCUT2D eigenvalue weighted by atomic mass is 9.94. The third-order valence-corrected chi connectivity index (χ3v) is 7.76. The Kier molecular flexibility index (Phi) is 7.40. The van der Waals surface area contributed by atoms with Crippen LogP contribution >= 0.6 is 7.75 Å². The number of halogens is 1. The fourth-order valence-electron chi connectivity index (χ4n) is 4.24. The van der Waals surface area contributed by atoms with E-state index in [1.807, 2.05) is 4.98 Å². The quantitative estimate of drug-likeness (QED) is 0.222. The summed E-state index contributed by atoms with van der Waals surface area (Å²) in [6.45, 7) is 3.86. The molecule has 4 rings (SSSR count). The second kappa shape index (κ2) is 10.1. The molecule has 2 aliphatic rings. The standard InChI is InChI=1S/C24H27FN3O9P/c1-5-23(21(31)24(25)18(19(24)36-23)28-12-11-17(29)26-22(28)32)13-34-38(33,37-16-9-7-6-8-10-16)27-15(4)20(30)35-14(2)3/h1,6-12,14-15,18-19,21,31H,13H2,2-4H3,(H,27,33)(H,26,29,32). The topological polar surface area (TPSA) is 158 Å². The maximum atomic E-state index is 15.8. The Morgan fingerprint density at radius 1 is 1.32 bits per heavy atom. The van der Waals surface area contributed by atoms with E-state index in [1.165, 1.54) is 19.1 Å². The van der Waals surface area contributed by atoms with E-state index < -0.39 is 73.2 Å². The highest BCUT2D eigenvalue weighted by Crippen LogP contribution is 2.64. The molecule has 0 bridgehead atoms. The van der Waals surface area contributed by atoms with E-state index in [-0.39, 0.29) is 5.75 Å². The van der Waals surface area contributed by atoms with Gasteiger partial charge in [0.25, 0.3) is 5.56 Å². The van der Waals surface area contributed by atoms with Gasteiger partial charge in [-0.15, -0.1) is 6.42 Å². The molecule has 0 amide bonds. The van der Waals surface area contributed by atoms with Gasteiger partial charge < -0.3 is 19.1 Å². The number of hydrogen-bond donors (Lipinski definition) is 3. The zero-order valence-corrected chi connectivity index (χ0v) is 21.6. The summed E-state index contributed by atoms with van der Waals surface area (Å²) in [4.78, 5) is 37.8. The molecule has 38 heavy (non-hydrogen) atoms. The first kappa shape index (κ1) is 27.8. The molecule has 1 aliphatic heterocycles. The van der Waals surface area contributed by atoms with Gasteiger partial charge in [0.05, 0.1) is 6.10 Å². The fraction of sp³-hybridized carbons (Fsp3) is 0.458. The van der Waals surface area contributed by atoms with E-state index in [0.717, 1.165) is 16.8 Å². The molecular formula is C24H27FN3O9P. The van der Waals surface area contributed by atoms with Crippen LogP contribution in [-0.2, 0) is 23.4 Å². The molecule has 3 N–H and O–H groups in total. The number of nitrogens with zero attached hydrogens (tertiary/aromatic N) is 1. The summed E-state index contributed by atoms with van der Waals surface area (Å²) in [5, 5.41) is 13.4. The molecule has 14 heteroatoms. The summed E-state index contributed by atoms with van der Waals surface area (Å²) in [6.07, 6.45) is 2.87. The highest BCUT2D eigenvalue weighted by Gasteiger charge is 2.83. The zero-order chi connectivity index (χ0) is 27.9. The summed E-state index contributed by atoms with van der Waals surface area (Å²) in [5.74, 6) is 1.56. The van der Waals surface area contributed by atoms with Crippen molar-refractivity contribution in [2.24, 2.45) is 0 Å². The molecule has 12 nitrogen and oxygen atoms in total. The van der Waals surface area contributed by atoms with Crippen molar-refractivity contribution < 1.29 is 37.4 Å². The summed E-state index contributed by atoms with van der Waals surface area (Å²) in [6, 6.07) is 6.51. The zero-order valence-electron chi connectivity index (χ0n) is 20.7. The second-order valence-corrected chi connectivity index (χ2v) is 11.0. The lowest BCUT2D eigenvalue weighted by Crippen LogP contribution is -2.50. The van der Waals surface area contributed by atoms with E-state index in [1.54, 1.807) is 32.0 Å². The van der Waals surface area contributed by atoms with Crippen LogP contribution in [0, 0.1) is 12.3 Å². The van der Waals surface area contributed by atoms with Crippen LogP contribution < -0.4 is 20.9 Å². The van der Waals surface area contributed by atoms with Gasteiger partial charge in [-0.3, -0.25) is 23.7 Å². The van der Waals surface area contributed by atoms with Gasteiger partial charge in [-0.2, -0.15) is 5.09 Å². The number of fused-ring (bicyclic) bond motifs is 1. The van der Waals surface area contributed by atoms with Gasteiger partial charge in [0.1, 0.15) is 36.6 Å². The van der Waals surface area contributed by atoms with Crippen molar-refractivity contribution in [2.45, 2.75) is 62.4 Å². The smallest absolute Gasteiger partial charge is 0.459 e. The van der Waals surface area contributed by atoms with Gasteiger partial charge >= 0.3 is 19.4 Å². The Balaban J connectivity index is 1.54. The number of aromatic nitrogens is 2. The average molecular weight is 551 g/mol. The van der Waals surface area contributed by atoms with Crippen molar-refractivity contribution in [1.82, 2.24) is 14.6 Å². The van der Waals surface area contributed by atoms with Gasteiger partial charge in [-0.05, 0) is 32.9 Å². The number of H-pyrrole nitrogens is 1. The number of hydrogen-bond acceptors (Lipinski definition) is 9. The van der Waals surface area contributed by atoms with Crippen molar-refractivity contribution in [3.8, 4) is 18.1 Å². The number of nitrogens with one attached hydrogen (secondary N) is 2. The summed E-state index contributed by atoms with van der Waals surface area (Å²) >= 11 is 0. The van der Waals surface area contributed by atoms with Gasteiger partial charge in [-0.25, -0.2) is 13.8 Å². The molecule has 204 valence electrons. The normalized spacial score (nSPS) is 30.1. The lowest BCUT2D eigenvalue weighted by Gasteiger charge is -2.32.